The molecule has 13 heteroatoms. The summed E-state index contributed by atoms with van der Waals surface area (Å²) in [7, 11) is 1.57. The summed E-state index contributed by atoms with van der Waals surface area (Å²) < 4.78 is 12.0. The molecule has 1 aromatic rings. The lowest BCUT2D eigenvalue weighted by atomic mass is 9.88. The second-order valence-electron chi connectivity index (χ2n) is 11.9. The number of urea groups is 1. The molecule has 1 aromatic carbocycles. The molecule has 0 saturated carbocycles. The van der Waals surface area contributed by atoms with Crippen molar-refractivity contribution in [2.75, 3.05) is 44.5 Å². The number of ether oxygens (including phenoxy) is 2. The van der Waals surface area contributed by atoms with Gasteiger partial charge in [0.2, 0.25) is 11.8 Å². The molecule has 5 amide bonds. The molecule has 4 saturated heterocycles. The first-order valence-corrected chi connectivity index (χ1v) is 16.0. The van der Waals surface area contributed by atoms with Crippen LogP contribution >= 0.6 is 11.8 Å². The highest BCUT2D eigenvalue weighted by Gasteiger charge is 2.46. The quantitative estimate of drug-likeness (QED) is 0.204. The summed E-state index contributed by atoms with van der Waals surface area (Å²) in [6, 6.07) is 5.94. The molecule has 230 valence electrons. The van der Waals surface area contributed by atoms with Gasteiger partial charge in [0, 0.05) is 30.3 Å². The maximum Gasteiger partial charge on any atom is 0.412 e. The van der Waals surface area contributed by atoms with E-state index in [9.17, 15) is 19.2 Å². The summed E-state index contributed by atoms with van der Waals surface area (Å²) in [5, 5.41) is 14.7. The predicted molar refractivity (Wildman–Crippen MR) is 159 cm³/mol. The van der Waals surface area contributed by atoms with Crippen LogP contribution in [0.1, 0.15) is 50.5 Å². The number of anilines is 1. The minimum absolute atomic E-state index is 0.0556. The van der Waals surface area contributed by atoms with Gasteiger partial charge < -0.3 is 35.2 Å². The number of nitrogens with zero attached hydrogens (tertiary/aromatic N) is 1. The van der Waals surface area contributed by atoms with Crippen molar-refractivity contribution in [1.29, 1.82) is 0 Å². The Kier molecular flexibility index (Phi) is 9.67. The highest BCUT2D eigenvalue weighted by Crippen LogP contribution is 2.35. The Morgan fingerprint density at radius 2 is 1.95 bits per heavy atom. The number of hydrogen-bond acceptors (Lipinski definition) is 7. The number of benzene rings is 1. The Bertz CT molecular complexity index is 1190. The van der Waals surface area contributed by atoms with Crippen LogP contribution in [0.2, 0.25) is 0 Å². The molecule has 4 aliphatic heterocycles. The largest absolute Gasteiger partial charge is 0.495 e. The summed E-state index contributed by atoms with van der Waals surface area (Å²) in [4.78, 5) is 49.4. The van der Waals surface area contributed by atoms with Crippen LogP contribution in [0.25, 0.3) is 0 Å². The number of thioether (sulfide) groups is 1. The van der Waals surface area contributed by atoms with Crippen LogP contribution < -0.4 is 31.3 Å². The molecule has 0 bridgehead atoms. The number of rotatable bonds is 10. The van der Waals surface area contributed by atoms with Gasteiger partial charge in [-0.05, 0) is 50.3 Å². The van der Waals surface area contributed by atoms with E-state index in [-0.39, 0.29) is 47.8 Å². The third-order valence-electron chi connectivity index (χ3n) is 9.09. The standard InChI is InChI=1S/C29H42N6O6S/c1-18-6-7-23(40-2)21(13-18)33-29(39)41-20-10-12-35(11-4-3-5-19(35)14-20)17-31-26(37)15-30-25(36)9-8-24-27-22(16-42-24)32-28(38)34-27/h6-7,13,19-20,22,24,27H,3-5,8-12,14-17H2,1-2H3,(H4-,30,31,32,33,34,36,37,38,39)/p+1/t19?,20?,22-,24-,27-,35?/m1/s1. The molecule has 3 unspecified atom stereocenters. The van der Waals surface area contributed by atoms with Crippen LogP contribution in [0.4, 0.5) is 15.3 Å². The van der Waals surface area contributed by atoms with Crippen molar-refractivity contribution in [2.24, 2.45) is 0 Å². The zero-order chi connectivity index (χ0) is 29.7. The van der Waals surface area contributed by atoms with E-state index in [1.165, 1.54) is 0 Å². The average molecular weight is 604 g/mol. The van der Waals surface area contributed by atoms with E-state index in [2.05, 4.69) is 26.6 Å². The zero-order valence-corrected chi connectivity index (χ0v) is 25.2. The molecule has 0 radical (unpaired) electrons. The van der Waals surface area contributed by atoms with Crippen molar-refractivity contribution in [3.8, 4) is 5.75 Å². The van der Waals surface area contributed by atoms with Crippen molar-refractivity contribution in [1.82, 2.24) is 21.3 Å². The summed E-state index contributed by atoms with van der Waals surface area (Å²) >= 11 is 1.77. The van der Waals surface area contributed by atoms with E-state index in [0.717, 1.165) is 61.0 Å². The maximum atomic E-state index is 12.7. The van der Waals surface area contributed by atoms with Crippen LogP contribution in [0, 0.1) is 6.92 Å². The maximum absolute atomic E-state index is 12.7. The van der Waals surface area contributed by atoms with Gasteiger partial charge in [0.25, 0.3) is 0 Å². The zero-order valence-electron chi connectivity index (χ0n) is 24.4. The summed E-state index contributed by atoms with van der Waals surface area (Å²) in [5.74, 6) is 1.07. The van der Waals surface area contributed by atoms with Crippen LogP contribution in [0.3, 0.4) is 0 Å². The molecule has 0 spiro atoms. The smallest absolute Gasteiger partial charge is 0.412 e. The molecule has 6 atom stereocenters. The Labute approximate surface area is 251 Å². The SMILES string of the molecule is COc1ccc(C)cc1NC(=O)OC1CC[N+]2(CNC(=O)CNC(=O)CC[C@H]3SC[C@H]4NC(=O)N[C@H]43)CCCCC2C1. The Hall–Kier alpha value is -3.19. The number of nitrogens with one attached hydrogen (secondary N) is 5. The lowest BCUT2D eigenvalue weighted by Gasteiger charge is -2.51. The van der Waals surface area contributed by atoms with Crippen LogP contribution in [-0.2, 0) is 14.3 Å². The van der Waals surface area contributed by atoms with E-state index in [1.54, 1.807) is 18.9 Å². The Morgan fingerprint density at radius 3 is 2.79 bits per heavy atom. The number of hydrogen-bond donors (Lipinski definition) is 5. The molecule has 0 aliphatic carbocycles. The van der Waals surface area contributed by atoms with E-state index in [0.29, 0.717) is 37.0 Å². The van der Waals surface area contributed by atoms with Crippen LogP contribution in [-0.4, -0.2) is 97.1 Å². The molecule has 12 nitrogen and oxygen atoms in total. The predicted octanol–water partition coefficient (Wildman–Crippen LogP) is 2.22. The Morgan fingerprint density at radius 1 is 1.10 bits per heavy atom. The van der Waals surface area contributed by atoms with Crippen molar-refractivity contribution in [3.63, 3.8) is 0 Å². The van der Waals surface area contributed by atoms with Gasteiger partial charge in [-0.15, -0.1) is 0 Å². The molecule has 4 heterocycles. The van der Waals surface area contributed by atoms with Crippen molar-refractivity contribution < 1.29 is 33.1 Å². The van der Waals surface area contributed by atoms with Crippen molar-refractivity contribution in [3.05, 3.63) is 23.8 Å². The van der Waals surface area contributed by atoms with Gasteiger partial charge in [-0.25, -0.2) is 9.59 Å². The normalized spacial score (nSPS) is 29.8. The fourth-order valence-electron chi connectivity index (χ4n) is 6.82. The lowest BCUT2D eigenvalue weighted by molar-refractivity contribution is -0.963. The van der Waals surface area contributed by atoms with Crippen molar-refractivity contribution >= 4 is 41.4 Å². The first kappa shape index (κ1) is 30.3. The molecule has 42 heavy (non-hydrogen) atoms. The second-order valence-corrected chi connectivity index (χ2v) is 13.2. The minimum atomic E-state index is -0.486. The molecule has 5 rings (SSSR count). The molecule has 0 aromatic heterocycles. The van der Waals surface area contributed by atoms with Gasteiger partial charge in [0.1, 0.15) is 11.9 Å². The van der Waals surface area contributed by atoms with E-state index >= 15 is 0 Å². The number of quaternary nitrogens is 1. The number of aryl methyl sites for hydroxylation is 1. The van der Waals surface area contributed by atoms with Gasteiger partial charge in [0.05, 0.1) is 50.6 Å². The fourth-order valence-corrected chi connectivity index (χ4v) is 8.31. The fraction of sp³-hybridized carbons (Fsp3) is 0.655. The summed E-state index contributed by atoms with van der Waals surface area (Å²) in [6.07, 6.45) is 5.01. The van der Waals surface area contributed by atoms with Gasteiger partial charge in [-0.3, -0.25) is 14.9 Å². The van der Waals surface area contributed by atoms with Crippen LogP contribution in [0.15, 0.2) is 18.2 Å². The van der Waals surface area contributed by atoms with Crippen molar-refractivity contribution in [2.45, 2.75) is 81.3 Å². The van der Waals surface area contributed by atoms with Gasteiger partial charge >= 0.3 is 12.1 Å². The van der Waals surface area contributed by atoms with E-state index < -0.39 is 6.09 Å². The lowest BCUT2D eigenvalue weighted by Crippen LogP contribution is -2.66. The summed E-state index contributed by atoms with van der Waals surface area (Å²) in [5.41, 5.74) is 1.59. The third-order valence-corrected chi connectivity index (χ3v) is 10.6. The number of carbonyl (C=O) groups is 4. The number of methoxy groups -OCH3 is 1. The van der Waals surface area contributed by atoms with Crippen LogP contribution in [0.5, 0.6) is 5.75 Å². The number of amides is 5. The first-order valence-electron chi connectivity index (χ1n) is 14.9. The van der Waals surface area contributed by atoms with Gasteiger partial charge in [0.15, 0.2) is 6.67 Å². The molecular weight excluding hydrogens is 560 g/mol. The van der Waals surface area contributed by atoms with E-state index in [1.807, 2.05) is 25.1 Å². The third kappa shape index (κ3) is 7.23. The summed E-state index contributed by atoms with van der Waals surface area (Å²) in [6.45, 7) is 4.19. The number of fused-ring (bicyclic) bond motifs is 2. The Balaban J connectivity index is 1.04. The highest BCUT2D eigenvalue weighted by molar-refractivity contribution is 8.00. The minimum Gasteiger partial charge on any atom is -0.495 e. The van der Waals surface area contributed by atoms with Gasteiger partial charge in [-0.1, -0.05) is 6.07 Å². The molecule has 4 fully saturated rings. The molecular formula is C29H43N6O6S+. The molecule has 5 N–H and O–H groups in total. The topological polar surface area (TPSA) is 147 Å². The molecule has 4 aliphatic rings. The van der Waals surface area contributed by atoms with E-state index in [4.69, 9.17) is 9.47 Å². The highest BCUT2D eigenvalue weighted by atomic mass is 32.2. The van der Waals surface area contributed by atoms with Gasteiger partial charge in [-0.2, -0.15) is 11.8 Å². The average Bonchev–Trinajstić information content (AvgIpc) is 3.53. The first-order chi connectivity index (χ1) is 20.2. The monoisotopic (exact) mass is 603 g/mol. The number of carbonyl (C=O) groups excluding carboxylic acids is 4. The second kappa shape index (κ2) is 13.4. The number of piperidine rings is 2.